The van der Waals surface area contributed by atoms with Gasteiger partial charge in [0.2, 0.25) is 17.7 Å². The van der Waals surface area contributed by atoms with E-state index < -0.39 is 23.5 Å². The molecule has 5 rings (SSSR count). The number of likely N-dealkylation sites (tertiary alicyclic amines) is 2. The van der Waals surface area contributed by atoms with Gasteiger partial charge < -0.3 is 25.2 Å². The van der Waals surface area contributed by atoms with Gasteiger partial charge in [0.15, 0.2) is 0 Å². The van der Waals surface area contributed by atoms with Gasteiger partial charge in [0, 0.05) is 57.1 Å². The number of likely N-dealkylation sites (N-methyl/N-ethyl adjacent to an activating group) is 1. The van der Waals surface area contributed by atoms with Crippen LogP contribution >= 0.6 is 11.3 Å². The minimum atomic E-state index is -0.861. The number of nitrogens with one attached hydrogen (secondary N) is 2. The smallest absolute Gasteiger partial charge is 0.265 e. The van der Waals surface area contributed by atoms with Crippen molar-refractivity contribution in [2.75, 3.05) is 39.8 Å². The zero-order valence-corrected chi connectivity index (χ0v) is 28.3. The average Bonchev–Trinajstić information content (AvgIpc) is 3.28. The van der Waals surface area contributed by atoms with Gasteiger partial charge in [-0.25, -0.2) is 4.98 Å². The van der Waals surface area contributed by atoms with Crippen molar-refractivity contribution in [1.82, 2.24) is 25.4 Å². The van der Waals surface area contributed by atoms with Crippen LogP contribution in [0.2, 0.25) is 0 Å². The van der Waals surface area contributed by atoms with E-state index in [2.05, 4.69) is 43.3 Å². The first-order chi connectivity index (χ1) is 20.8. The fourth-order valence-electron chi connectivity index (χ4n) is 7.33. The molecule has 2 N–H and O–H groups in total. The molecule has 244 valence electrons. The van der Waals surface area contributed by atoms with E-state index in [9.17, 15) is 19.2 Å². The number of aromatic nitrogens is 1. The van der Waals surface area contributed by atoms with Crippen LogP contribution in [0.3, 0.4) is 0 Å². The van der Waals surface area contributed by atoms with Gasteiger partial charge in [0.1, 0.15) is 10.9 Å². The molecule has 2 saturated carbocycles. The molecule has 3 heterocycles. The molecule has 0 unspecified atom stereocenters. The normalized spacial score (nSPS) is 25.5. The first-order valence-corrected chi connectivity index (χ1v) is 17.3. The van der Waals surface area contributed by atoms with Crippen molar-refractivity contribution in [3.05, 3.63) is 15.6 Å². The fourth-order valence-corrected chi connectivity index (χ4v) is 8.37. The van der Waals surface area contributed by atoms with Crippen LogP contribution in [0, 0.1) is 35.5 Å². The molecule has 4 fully saturated rings. The molecular formula is C33H51N5O5S. The molecule has 0 radical (unpaired) electrons. The first-order valence-electron chi connectivity index (χ1n) is 16.5. The van der Waals surface area contributed by atoms with Crippen molar-refractivity contribution in [3.63, 3.8) is 0 Å². The van der Waals surface area contributed by atoms with Gasteiger partial charge in [0.05, 0.1) is 22.7 Å². The Morgan fingerprint density at radius 1 is 1.02 bits per heavy atom. The molecule has 44 heavy (non-hydrogen) atoms. The van der Waals surface area contributed by atoms with Gasteiger partial charge in [-0.05, 0) is 44.4 Å². The largest absolute Gasteiger partial charge is 0.376 e. The van der Waals surface area contributed by atoms with Gasteiger partial charge in [0.25, 0.3) is 5.91 Å². The van der Waals surface area contributed by atoms with Gasteiger partial charge in [-0.15, -0.1) is 11.3 Å². The van der Waals surface area contributed by atoms with E-state index in [-0.39, 0.29) is 47.4 Å². The van der Waals surface area contributed by atoms with E-state index in [1.165, 1.54) is 30.6 Å². The quantitative estimate of drug-likeness (QED) is 0.407. The highest BCUT2D eigenvalue weighted by molar-refractivity contribution is 7.13. The Kier molecular flexibility index (Phi) is 9.48. The van der Waals surface area contributed by atoms with Gasteiger partial charge >= 0.3 is 0 Å². The molecule has 2 aliphatic carbocycles. The SMILES string of the molecule is CNC(=O)[C@@H](NC(=O)[C@@H]1CN(C(=O)c2sc(C(C)C)nc2C)CC12CN(C(=O)[C@H]1CC1(C)C)C2)[C@@H](C)OCC1CCCCC1. The molecule has 4 aliphatic rings. The summed E-state index contributed by atoms with van der Waals surface area (Å²) in [7, 11) is 1.56. The average molecular weight is 630 g/mol. The van der Waals surface area contributed by atoms with Crippen molar-refractivity contribution in [3.8, 4) is 0 Å². The minimum absolute atomic E-state index is 0.0142. The molecule has 10 nitrogen and oxygen atoms in total. The van der Waals surface area contributed by atoms with Crippen molar-refractivity contribution in [2.24, 2.45) is 28.6 Å². The lowest BCUT2D eigenvalue weighted by Crippen LogP contribution is -2.65. The van der Waals surface area contributed by atoms with Crippen LogP contribution in [0.1, 0.15) is 99.4 Å². The number of ether oxygens (including phenoxy) is 1. The Bertz CT molecular complexity index is 1270. The molecule has 1 aromatic rings. The molecule has 4 amide bonds. The Morgan fingerprint density at radius 2 is 1.66 bits per heavy atom. The van der Waals surface area contributed by atoms with Crippen molar-refractivity contribution < 1.29 is 23.9 Å². The van der Waals surface area contributed by atoms with Crippen molar-refractivity contribution in [1.29, 1.82) is 0 Å². The summed E-state index contributed by atoms with van der Waals surface area (Å²) in [6.07, 6.45) is 6.28. The fraction of sp³-hybridized carbons (Fsp3) is 0.788. The number of carbonyl (C=O) groups is 4. The molecule has 2 aliphatic heterocycles. The number of nitrogens with zero attached hydrogens (tertiary/aromatic N) is 3. The summed E-state index contributed by atoms with van der Waals surface area (Å²) in [4.78, 5) is 63.0. The van der Waals surface area contributed by atoms with Crippen LogP contribution in [-0.4, -0.2) is 90.4 Å². The lowest BCUT2D eigenvalue weighted by atomic mass is 9.70. The zero-order chi connectivity index (χ0) is 32.0. The van der Waals surface area contributed by atoms with Gasteiger partial charge in [-0.2, -0.15) is 0 Å². The topological polar surface area (TPSA) is 121 Å². The highest BCUT2D eigenvalue weighted by Crippen LogP contribution is 2.54. The second-order valence-corrected chi connectivity index (χ2v) is 15.8. The van der Waals surface area contributed by atoms with E-state index in [0.717, 1.165) is 24.3 Å². The summed E-state index contributed by atoms with van der Waals surface area (Å²) in [5.74, 6) is -0.420. The predicted octanol–water partition coefficient (Wildman–Crippen LogP) is 3.74. The number of carbonyl (C=O) groups excluding carboxylic acids is 4. The van der Waals surface area contributed by atoms with Crippen LogP contribution in [0.25, 0.3) is 0 Å². The summed E-state index contributed by atoms with van der Waals surface area (Å²) in [6, 6.07) is -0.861. The monoisotopic (exact) mass is 629 g/mol. The molecule has 4 atom stereocenters. The highest BCUT2D eigenvalue weighted by atomic mass is 32.1. The van der Waals surface area contributed by atoms with Gasteiger partial charge in [-0.3, -0.25) is 19.2 Å². The Hall–Kier alpha value is -2.53. The van der Waals surface area contributed by atoms with Crippen molar-refractivity contribution >= 4 is 35.0 Å². The molecule has 0 aromatic carbocycles. The van der Waals surface area contributed by atoms with E-state index in [4.69, 9.17) is 4.74 Å². The maximum atomic E-state index is 14.1. The summed E-state index contributed by atoms with van der Waals surface area (Å²) < 4.78 is 6.18. The maximum Gasteiger partial charge on any atom is 0.265 e. The summed E-state index contributed by atoms with van der Waals surface area (Å²) in [5, 5.41) is 6.62. The third-order valence-corrected chi connectivity index (χ3v) is 11.9. The number of amides is 4. The molecule has 11 heteroatoms. The number of rotatable bonds is 10. The number of thiazole rings is 1. The molecular weight excluding hydrogens is 578 g/mol. The third-order valence-electron chi connectivity index (χ3n) is 10.5. The number of hydrogen-bond donors (Lipinski definition) is 2. The van der Waals surface area contributed by atoms with Crippen LogP contribution in [0.15, 0.2) is 0 Å². The molecule has 1 spiro atoms. The number of aryl methyl sites for hydroxylation is 1. The van der Waals surface area contributed by atoms with Crippen LogP contribution in [-0.2, 0) is 19.1 Å². The summed E-state index contributed by atoms with van der Waals surface area (Å²) >= 11 is 1.42. The third kappa shape index (κ3) is 6.55. The van der Waals surface area contributed by atoms with Gasteiger partial charge in [-0.1, -0.05) is 47.0 Å². The Balaban J connectivity index is 1.32. The van der Waals surface area contributed by atoms with Crippen molar-refractivity contribution in [2.45, 2.75) is 98.1 Å². The number of hydrogen-bond acceptors (Lipinski definition) is 7. The Labute approximate surface area is 266 Å². The predicted molar refractivity (Wildman–Crippen MR) is 169 cm³/mol. The lowest BCUT2D eigenvalue weighted by molar-refractivity contribution is -0.152. The van der Waals surface area contributed by atoms with E-state index >= 15 is 0 Å². The Morgan fingerprint density at radius 3 is 2.23 bits per heavy atom. The lowest BCUT2D eigenvalue weighted by Gasteiger charge is -2.50. The van der Waals surface area contributed by atoms with E-state index in [0.29, 0.717) is 42.7 Å². The summed E-state index contributed by atoms with van der Waals surface area (Å²) in [5.41, 5.74) is 0.157. The van der Waals surface area contributed by atoms with E-state index in [1.54, 1.807) is 11.9 Å². The minimum Gasteiger partial charge on any atom is -0.376 e. The zero-order valence-electron chi connectivity index (χ0n) is 27.5. The second-order valence-electron chi connectivity index (χ2n) is 14.8. The molecule has 2 saturated heterocycles. The van der Waals surface area contributed by atoms with Crippen LogP contribution in [0.5, 0.6) is 0 Å². The van der Waals surface area contributed by atoms with Crippen LogP contribution in [0.4, 0.5) is 0 Å². The first kappa shape index (κ1) is 32.9. The standard InChI is InChI=1S/C33H51N5O5S/c1-19(2)29-35-20(3)26(44-29)31(42)37-14-24(33(16-37)17-38(18-33)30(41)23-13-32(23,5)6)27(39)36-25(28(40)34-7)21(4)43-15-22-11-9-8-10-12-22/h19,21-25H,8-18H2,1-7H3,(H,34,40)(H,36,39)/t21-,23-,24+,25+/m1/s1. The second kappa shape index (κ2) is 12.7. The highest BCUT2D eigenvalue weighted by Gasteiger charge is 2.62. The van der Waals surface area contributed by atoms with Crippen LogP contribution < -0.4 is 10.6 Å². The molecule has 1 aromatic heterocycles. The molecule has 0 bridgehead atoms. The summed E-state index contributed by atoms with van der Waals surface area (Å²) in [6.45, 7) is 14.1. The maximum absolute atomic E-state index is 14.1. The van der Waals surface area contributed by atoms with E-state index in [1.807, 2.05) is 18.7 Å².